The van der Waals surface area contributed by atoms with Crippen LogP contribution in [0.2, 0.25) is 20.1 Å². The standard InChI is InChI=1S/C20H23Cl2N3O2.C20H19Cl2N3O2.C2HF3O2/c2*1-13-7-15(11-23)9-19(24-13)27-16-3-2-6-25(12-16)20(26)10-14-4-5-17(21)18(22)8-14;3-2(4,5)1(6)7/h4-5,7-9,16H,2-3,6,10-12,23H2,1H3;4-5,7-9,16H,2-3,6,10,12H2,1H3;(H,6,7)/t2*16-;/m00./s1. The van der Waals surface area contributed by atoms with Gasteiger partial charge in [-0.25, -0.2) is 14.8 Å². The monoisotopic (exact) mass is 924 g/mol. The largest absolute Gasteiger partial charge is 0.490 e. The van der Waals surface area contributed by atoms with Crippen LogP contribution in [0.1, 0.15) is 59.3 Å². The predicted octanol–water partition coefficient (Wildman–Crippen LogP) is 8.58. The Bertz CT molecular complexity index is 2230. The van der Waals surface area contributed by atoms with E-state index in [0.717, 1.165) is 60.3 Å². The molecular weight excluding hydrogens is 883 g/mol. The number of nitriles is 1. The third-order valence-electron chi connectivity index (χ3n) is 9.24. The van der Waals surface area contributed by atoms with E-state index < -0.39 is 12.1 Å². The van der Waals surface area contributed by atoms with Crippen molar-refractivity contribution >= 4 is 64.2 Å². The van der Waals surface area contributed by atoms with E-state index in [-0.39, 0.29) is 30.4 Å². The van der Waals surface area contributed by atoms with Crippen molar-refractivity contribution in [2.75, 3.05) is 26.2 Å². The van der Waals surface area contributed by atoms with Crippen LogP contribution in [0.4, 0.5) is 13.2 Å². The van der Waals surface area contributed by atoms with E-state index >= 15 is 0 Å². The summed E-state index contributed by atoms with van der Waals surface area (Å²) < 4.78 is 43.7. The molecule has 0 unspecified atom stereocenters. The van der Waals surface area contributed by atoms with Crippen LogP contribution >= 0.6 is 46.4 Å². The summed E-state index contributed by atoms with van der Waals surface area (Å²) in [5, 5.41) is 18.1. The zero-order valence-corrected chi connectivity index (χ0v) is 36.2. The maximum absolute atomic E-state index is 12.7. The molecule has 0 spiro atoms. The van der Waals surface area contributed by atoms with Crippen LogP contribution in [-0.4, -0.2) is 87.2 Å². The van der Waals surface area contributed by atoms with Gasteiger partial charge in [0.2, 0.25) is 23.6 Å². The van der Waals surface area contributed by atoms with Crippen molar-refractivity contribution in [1.29, 1.82) is 5.26 Å². The van der Waals surface area contributed by atoms with Crippen LogP contribution in [0.5, 0.6) is 11.8 Å². The minimum Gasteiger partial charge on any atom is -0.475 e. The second-order valence-electron chi connectivity index (χ2n) is 14.2. The average Bonchev–Trinajstić information content (AvgIpc) is 3.20. The number of aromatic nitrogens is 2. The lowest BCUT2D eigenvalue weighted by Crippen LogP contribution is -2.45. The zero-order chi connectivity index (χ0) is 44.9. The maximum Gasteiger partial charge on any atom is 0.490 e. The zero-order valence-electron chi connectivity index (χ0n) is 33.2. The molecule has 3 N–H and O–H groups in total. The number of carboxylic acid groups (broad SMARTS) is 1. The average molecular weight is 927 g/mol. The normalized spacial score (nSPS) is 16.2. The number of ether oxygens (including phenoxy) is 2. The molecule has 326 valence electrons. The summed E-state index contributed by atoms with van der Waals surface area (Å²) in [4.78, 5) is 46.6. The molecule has 2 aliphatic heterocycles. The molecule has 6 rings (SSSR count). The molecule has 4 aromatic rings. The minimum absolute atomic E-state index is 0.0246. The van der Waals surface area contributed by atoms with Gasteiger partial charge in [0.15, 0.2) is 0 Å². The van der Waals surface area contributed by atoms with Crippen LogP contribution in [0, 0.1) is 25.2 Å². The fourth-order valence-corrected chi connectivity index (χ4v) is 7.02. The molecule has 0 bridgehead atoms. The van der Waals surface area contributed by atoms with Gasteiger partial charge in [-0.3, -0.25) is 9.59 Å². The summed E-state index contributed by atoms with van der Waals surface area (Å²) in [6.45, 7) is 6.66. The van der Waals surface area contributed by atoms with Crippen molar-refractivity contribution in [3.05, 3.63) is 114 Å². The Morgan fingerprint density at radius 2 is 1.20 bits per heavy atom. The summed E-state index contributed by atoms with van der Waals surface area (Å²) in [6.07, 6.45) is -1.25. The second kappa shape index (κ2) is 22.8. The molecule has 61 heavy (non-hydrogen) atoms. The lowest BCUT2D eigenvalue weighted by molar-refractivity contribution is -0.192. The third-order valence-corrected chi connectivity index (χ3v) is 10.7. The van der Waals surface area contributed by atoms with E-state index in [0.29, 0.717) is 70.0 Å². The van der Waals surface area contributed by atoms with Crippen molar-refractivity contribution in [3.63, 3.8) is 0 Å². The Morgan fingerprint density at radius 3 is 1.61 bits per heavy atom. The quantitative estimate of drug-likeness (QED) is 0.166. The summed E-state index contributed by atoms with van der Waals surface area (Å²) in [7, 11) is 0. The number of benzene rings is 2. The van der Waals surface area contributed by atoms with Crippen molar-refractivity contribution in [3.8, 4) is 17.8 Å². The number of carbonyl (C=O) groups is 3. The van der Waals surface area contributed by atoms with Crippen LogP contribution < -0.4 is 15.2 Å². The molecule has 12 nitrogen and oxygen atoms in total. The fourth-order valence-electron chi connectivity index (χ4n) is 6.38. The number of aryl methyl sites for hydroxylation is 2. The molecule has 19 heteroatoms. The SMILES string of the molecule is Cc1cc(C#N)cc(O[C@H]2CCCN(C(=O)Cc3ccc(Cl)c(Cl)c3)C2)n1.Cc1cc(CN)cc(O[C@H]2CCCN(C(=O)Cc3ccc(Cl)c(Cl)c3)C2)n1.O=C(O)C(F)(F)F. The molecule has 0 radical (unpaired) electrons. The highest BCUT2D eigenvalue weighted by Crippen LogP contribution is 2.26. The molecular formula is C42H43Cl4F3N6O6. The predicted molar refractivity (Wildman–Crippen MR) is 225 cm³/mol. The highest BCUT2D eigenvalue weighted by Gasteiger charge is 2.38. The van der Waals surface area contributed by atoms with Crippen LogP contribution in [0.3, 0.4) is 0 Å². The van der Waals surface area contributed by atoms with E-state index in [2.05, 4.69) is 16.0 Å². The van der Waals surface area contributed by atoms with Crippen LogP contribution in [0.15, 0.2) is 60.7 Å². The van der Waals surface area contributed by atoms with Crippen molar-refractivity contribution in [2.45, 2.75) is 77.3 Å². The number of hydrogen-bond donors (Lipinski definition) is 2. The molecule has 2 fully saturated rings. The van der Waals surface area contributed by atoms with Gasteiger partial charge in [-0.15, -0.1) is 0 Å². The summed E-state index contributed by atoms with van der Waals surface area (Å²) in [5.41, 5.74) is 10.5. The number of nitrogens with two attached hydrogens (primary N) is 1. The molecule has 2 atom stereocenters. The van der Waals surface area contributed by atoms with Crippen molar-refractivity contribution < 1.29 is 42.1 Å². The maximum atomic E-state index is 12.7. The first-order valence-electron chi connectivity index (χ1n) is 19.0. The van der Waals surface area contributed by atoms with Gasteiger partial charge in [-0.2, -0.15) is 18.4 Å². The number of aliphatic carboxylic acids is 1. The van der Waals surface area contributed by atoms with E-state index in [1.54, 1.807) is 41.3 Å². The minimum atomic E-state index is -5.08. The van der Waals surface area contributed by atoms with Gasteiger partial charge in [0.05, 0.1) is 57.7 Å². The van der Waals surface area contributed by atoms with E-state index in [9.17, 15) is 22.8 Å². The molecule has 2 aliphatic rings. The lowest BCUT2D eigenvalue weighted by Gasteiger charge is -2.33. The molecule has 2 aromatic heterocycles. The molecule has 4 heterocycles. The molecule has 2 aromatic carbocycles. The number of likely N-dealkylation sites (tertiary alicyclic amines) is 2. The number of alkyl halides is 3. The third kappa shape index (κ3) is 15.8. The number of piperidine rings is 2. The first-order chi connectivity index (χ1) is 28.8. The number of carbonyl (C=O) groups excluding carboxylic acids is 2. The highest BCUT2D eigenvalue weighted by atomic mass is 35.5. The first kappa shape index (κ1) is 48.8. The van der Waals surface area contributed by atoms with Gasteiger partial charge in [0.25, 0.3) is 0 Å². The number of hydrogen-bond acceptors (Lipinski definition) is 9. The Balaban J connectivity index is 0.000000233. The Labute approximate surface area is 371 Å². The first-order valence-corrected chi connectivity index (χ1v) is 20.5. The molecule has 2 saturated heterocycles. The van der Waals surface area contributed by atoms with E-state index in [4.69, 9.17) is 76.8 Å². The Morgan fingerprint density at radius 1 is 0.754 bits per heavy atom. The number of carboxylic acids is 1. The van der Waals surface area contributed by atoms with Crippen molar-refractivity contribution in [1.82, 2.24) is 19.8 Å². The number of rotatable bonds is 9. The molecule has 2 amide bonds. The fraction of sp³-hybridized carbons (Fsp3) is 0.381. The number of halogens is 7. The summed E-state index contributed by atoms with van der Waals surface area (Å²) in [5.74, 6) is -1.68. The van der Waals surface area contributed by atoms with Gasteiger partial charge in [-0.05, 0) is 92.6 Å². The smallest absolute Gasteiger partial charge is 0.475 e. The van der Waals surface area contributed by atoms with Gasteiger partial charge in [0.1, 0.15) is 12.2 Å². The van der Waals surface area contributed by atoms with Crippen LogP contribution in [-0.2, 0) is 33.8 Å². The topological polar surface area (TPSA) is 172 Å². The van der Waals surface area contributed by atoms with Crippen LogP contribution in [0.25, 0.3) is 0 Å². The lowest BCUT2D eigenvalue weighted by atomic mass is 10.1. The van der Waals surface area contributed by atoms with Crippen molar-refractivity contribution in [2.24, 2.45) is 5.73 Å². The number of pyridine rings is 2. The van der Waals surface area contributed by atoms with Gasteiger partial charge in [0, 0.05) is 43.2 Å². The van der Waals surface area contributed by atoms with E-state index in [1.165, 1.54) is 0 Å². The number of nitrogens with zero attached hydrogens (tertiary/aromatic N) is 5. The Kier molecular flexibility index (Phi) is 18.3. The highest BCUT2D eigenvalue weighted by molar-refractivity contribution is 6.42. The second-order valence-corrected chi connectivity index (χ2v) is 15.8. The Hall–Kier alpha value is -4.85. The van der Waals surface area contributed by atoms with E-state index in [1.807, 2.05) is 43.0 Å². The molecule has 0 saturated carbocycles. The number of amides is 2. The molecule has 0 aliphatic carbocycles. The van der Waals surface area contributed by atoms with Gasteiger partial charge in [-0.1, -0.05) is 58.5 Å². The summed E-state index contributed by atoms with van der Waals surface area (Å²) >= 11 is 23.9. The van der Waals surface area contributed by atoms with Gasteiger partial charge < -0.3 is 30.1 Å². The van der Waals surface area contributed by atoms with Gasteiger partial charge >= 0.3 is 12.1 Å². The summed E-state index contributed by atoms with van der Waals surface area (Å²) in [6, 6.07) is 19.8.